The van der Waals surface area contributed by atoms with Gasteiger partial charge in [0.25, 0.3) is 0 Å². The van der Waals surface area contributed by atoms with Crippen LogP contribution < -0.4 is 0 Å². The molecule has 1 aliphatic heterocycles. The Morgan fingerprint density at radius 1 is 1.70 bits per heavy atom. The second-order valence-electron chi connectivity index (χ2n) is 2.47. The summed E-state index contributed by atoms with van der Waals surface area (Å²) in [6, 6.07) is 0. The summed E-state index contributed by atoms with van der Waals surface area (Å²) in [5.74, 6) is -0.905. The second kappa shape index (κ2) is 2.82. The predicted octanol–water partition coefficient (Wildman–Crippen LogP) is 0.529. The molecule has 1 atom stereocenters. The van der Waals surface area contributed by atoms with Crippen LogP contribution in [0.15, 0.2) is 0 Å². The summed E-state index contributed by atoms with van der Waals surface area (Å²) in [6.07, 6.45) is 1.48. The topological polar surface area (TPSA) is 43.4 Å². The third kappa shape index (κ3) is 1.35. The first-order valence-corrected chi connectivity index (χ1v) is 3.39. The number of cyclic esters (lactones) is 1. The van der Waals surface area contributed by atoms with Crippen LogP contribution in [0.5, 0.6) is 0 Å². The molecule has 0 spiro atoms. The van der Waals surface area contributed by atoms with Gasteiger partial charge in [-0.1, -0.05) is 0 Å². The monoisotopic (exact) mass is 142 g/mol. The number of carbonyl (C=O) groups excluding carboxylic acids is 2. The van der Waals surface area contributed by atoms with E-state index in [1.54, 1.807) is 0 Å². The van der Waals surface area contributed by atoms with Crippen LogP contribution in [-0.2, 0) is 14.3 Å². The van der Waals surface area contributed by atoms with E-state index < -0.39 is 5.92 Å². The van der Waals surface area contributed by atoms with Gasteiger partial charge < -0.3 is 4.74 Å². The smallest absolute Gasteiger partial charge is 0.316 e. The van der Waals surface area contributed by atoms with Crippen molar-refractivity contribution in [3.8, 4) is 0 Å². The molecule has 3 nitrogen and oxygen atoms in total. The first-order chi connectivity index (χ1) is 4.72. The van der Waals surface area contributed by atoms with E-state index in [0.717, 1.165) is 6.42 Å². The summed E-state index contributed by atoms with van der Waals surface area (Å²) in [4.78, 5) is 21.5. The van der Waals surface area contributed by atoms with Crippen molar-refractivity contribution in [3.63, 3.8) is 0 Å². The maximum atomic E-state index is 10.8. The average Bonchev–Trinajstić information content (AvgIpc) is 1.88. The SMILES string of the molecule is CC(=O)C1CCCOC1=O. The highest BCUT2D eigenvalue weighted by Crippen LogP contribution is 2.15. The van der Waals surface area contributed by atoms with Gasteiger partial charge in [0.2, 0.25) is 0 Å². The van der Waals surface area contributed by atoms with Crippen LogP contribution in [0.2, 0.25) is 0 Å². The average molecular weight is 142 g/mol. The van der Waals surface area contributed by atoms with Crippen LogP contribution in [0, 0.1) is 5.92 Å². The predicted molar refractivity (Wildman–Crippen MR) is 34.4 cm³/mol. The number of ether oxygens (including phenoxy) is 1. The minimum absolute atomic E-state index is 0.0790. The first-order valence-electron chi connectivity index (χ1n) is 3.39. The molecule has 0 bridgehead atoms. The minimum Gasteiger partial charge on any atom is -0.465 e. The summed E-state index contributed by atoms with van der Waals surface area (Å²) in [5.41, 5.74) is 0. The lowest BCUT2D eigenvalue weighted by atomic mass is 9.98. The number of Topliss-reactive ketones (excluding diaryl/α,β-unsaturated/α-hetero) is 1. The Morgan fingerprint density at radius 3 is 2.80 bits per heavy atom. The molecule has 1 unspecified atom stereocenters. The zero-order valence-electron chi connectivity index (χ0n) is 5.92. The fraction of sp³-hybridized carbons (Fsp3) is 0.714. The third-order valence-corrected chi connectivity index (χ3v) is 1.66. The van der Waals surface area contributed by atoms with Gasteiger partial charge in [-0.3, -0.25) is 9.59 Å². The molecule has 0 aromatic rings. The molecule has 1 aliphatic rings. The van der Waals surface area contributed by atoms with E-state index in [0.29, 0.717) is 13.0 Å². The summed E-state index contributed by atoms with van der Waals surface area (Å²) in [5, 5.41) is 0. The van der Waals surface area contributed by atoms with Crippen molar-refractivity contribution >= 4 is 11.8 Å². The zero-order chi connectivity index (χ0) is 7.56. The molecule has 1 rings (SSSR count). The maximum absolute atomic E-state index is 10.8. The zero-order valence-corrected chi connectivity index (χ0v) is 5.92. The van der Waals surface area contributed by atoms with E-state index in [-0.39, 0.29) is 11.8 Å². The maximum Gasteiger partial charge on any atom is 0.316 e. The van der Waals surface area contributed by atoms with E-state index in [9.17, 15) is 9.59 Å². The highest BCUT2D eigenvalue weighted by molar-refractivity contribution is 5.97. The normalized spacial score (nSPS) is 25.7. The largest absolute Gasteiger partial charge is 0.465 e. The van der Waals surface area contributed by atoms with Crippen molar-refractivity contribution in [2.45, 2.75) is 19.8 Å². The van der Waals surface area contributed by atoms with Gasteiger partial charge in [-0.05, 0) is 19.8 Å². The van der Waals surface area contributed by atoms with Gasteiger partial charge in [0.1, 0.15) is 11.7 Å². The Bertz CT molecular complexity index is 162. The van der Waals surface area contributed by atoms with E-state index >= 15 is 0 Å². The van der Waals surface area contributed by atoms with Crippen molar-refractivity contribution in [1.29, 1.82) is 0 Å². The lowest BCUT2D eigenvalue weighted by Gasteiger charge is -2.17. The van der Waals surface area contributed by atoms with Crippen LogP contribution in [0.3, 0.4) is 0 Å². The van der Waals surface area contributed by atoms with E-state index in [1.165, 1.54) is 6.92 Å². The molecular formula is C7H10O3. The van der Waals surface area contributed by atoms with Crippen molar-refractivity contribution in [1.82, 2.24) is 0 Å². The Balaban J connectivity index is 2.56. The van der Waals surface area contributed by atoms with Crippen molar-refractivity contribution in [2.75, 3.05) is 6.61 Å². The van der Waals surface area contributed by atoms with Crippen LogP contribution in [0.25, 0.3) is 0 Å². The van der Waals surface area contributed by atoms with Crippen molar-refractivity contribution < 1.29 is 14.3 Å². The van der Waals surface area contributed by atoms with Gasteiger partial charge in [0.15, 0.2) is 0 Å². The molecule has 0 aromatic carbocycles. The van der Waals surface area contributed by atoms with Gasteiger partial charge >= 0.3 is 5.97 Å². The summed E-state index contributed by atoms with van der Waals surface area (Å²) >= 11 is 0. The minimum atomic E-state index is -0.478. The van der Waals surface area contributed by atoms with Gasteiger partial charge in [-0.15, -0.1) is 0 Å². The molecule has 1 fully saturated rings. The number of carbonyl (C=O) groups is 2. The van der Waals surface area contributed by atoms with Crippen LogP contribution in [0.1, 0.15) is 19.8 Å². The third-order valence-electron chi connectivity index (χ3n) is 1.66. The van der Waals surface area contributed by atoms with Gasteiger partial charge in [0.05, 0.1) is 6.61 Å². The molecule has 56 valence electrons. The Morgan fingerprint density at radius 2 is 2.40 bits per heavy atom. The van der Waals surface area contributed by atoms with Crippen LogP contribution in [-0.4, -0.2) is 18.4 Å². The Labute approximate surface area is 59.4 Å². The number of hydrogen-bond acceptors (Lipinski definition) is 3. The molecule has 1 saturated heterocycles. The summed E-state index contributed by atoms with van der Waals surface area (Å²) in [7, 11) is 0. The fourth-order valence-corrected chi connectivity index (χ4v) is 1.05. The molecule has 10 heavy (non-hydrogen) atoms. The number of hydrogen-bond donors (Lipinski definition) is 0. The van der Waals surface area contributed by atoms with E-state index in [4.69, 9.17) is 4.74 Å². The van der Waals surface area contributed by atoms with E-state index in [1.807, 2.05) is 0 Å². The van der Waals surface area contributed by atoms with Crippen molar-refractivity contribution in [2.24, 2.45) is 5.92 Å². The van der Waals surface area contributed by atoms with E-state index in [2.05, 4.69) is 0 Å². The van der Waals surface area contributed by atoms with Gasteiger partial charge in [-0.25, -0.2) is 0 Å². The van der Waals surface area contributed by atoms with Gasteiger partial charge in [0, 0.05) is 0 Å². The summed E-state index contributed by atoms with van der Waals surface area (Å²) < 4.78 is 4.69. The lowest BCUT2D eigenvalue weighted by molar-refractivity contribution is -0.155. The number of rotatable bonds is 1. The highest BCUT2D eigenvalue weighted by Gasteiger charge is 2.27. The number of esters is 1. The molecular weight excluding hydrogens is 132 g/mol. The molecule has 0 saturated carbocycles. The van der Waals surface area contributed by atoms with Crippen LogP contribution in [0.4, 0.5) is 0 Å². The summed E-state index contributed by atoms with van der Waals surface area (Å²) in [6.45, 7) is 1.90. The molecule has 0 aliphatic carbocycles. The standard InChI is InChI=1S/C7H10O3/c1-5(8)6-3-2-4-10-7(6)9/h6H,2-4H2,1H3. The van der Waals surface area contributed by atoms with Crippen LogP contribution >= 0.6 is 0 Å². The fourth-order valence-electron chi connectivity index (χ4n) is 1.05. The molecule has 1 heterocycles. The first kappa shape index (κ1) is 7.25. The second-order valence-corrected chi connectivity index (χ2v) is 2.47. The van der Waals surface area contributed by atoms with Gasteiger partial charge in [-0.2, -0.15) is 0 Å². The number of ketones is 1. The molecule has 0 radical (unpaired) electrons. The molecule has 3 heteroatoms. The Kier molecular flexibility index (Phi) is 2.04. The lowest BCUT2D eigenvalue weighted by Crippen LogP contribution is -2.29. The molecule has 0 amide bonds. The quantitative estimate of drug-likeness (QED) is 0.396. The Hall–Kier alpha value is -0.860. The highest BCUT2D eigenvalue weighted by atomic mass is 16.5. The molecule has 0 N–H and O–H groups in total. The van der Waals surface area contributed by atoms with Crippen molar-refractivity contribution in [3.05, 3.63) is 0 Å². The molecule has 0 aromatic heterocycles.